The van der Waals surface area contributed by atoms with Gasteiger partial charge in [0.25, 0.3) is 10.0 Å². The number of methoxy groups -OCH3 is 1. The maximum atomic E-state index is 14.7. The molecule has 0 heterocycles. The molecule has 0 aliphatic rings. The number of nitrogens with zero attached hydrogens (tertiary/aromatic N) is 2. The first kappa shape index (κ1) is 35.5. The Labute approximate surface area is 283 Å². The number of halogens is 1. The second kappa shape index (κ2) is 16.0. The van der Waals surface area contributed by atoms with Crippen LogP contribution in [0.4, 0.5) is 5.69 Å². The summed E-state index contributed by atoms with van der Waals surface area (Å²) in [6.07, 6.45) is 0.224. The molecule has 10 heteroatoms. The third-order valence-corrected chi connectivity index (χ3v) is 9.78. The van der Waals surface area contributed by atoms with E-state index in [4.69, 9.17) is 16.3 Å². The number of carbonyl (C=O) groups is 2. The van der Waals surface area contributed by atoms with Crippen molar-refractivity contribution in [2.45, 2.75) is 51.6 Å². The molecule has 0 bridgehead atoms. The molecule has 0 aliphatic carbocycles. The normalized spacial score (nSPS) is 12.0. The van der Waals surface area contributed by atoms with Gasteiger partial charge in [0.15, 0.2) is 0 Å². The van der Waals surface area contributed by atoms with Crippen LogP contribution in [-0.2, 0) is 32.6 Å². The van der Waals surface area contributed by atoms with E-state index >= 15 is 0 Å². The Kier molecular flexibility index (Phi) is 12.1. The van der Waals surface area contributed by atoms with E-state index < -0.39 is 28.5 Å². The molecule has 2 amide bonds. The Morgan fingerprint density at radius 3 is 2.21 bits per heavy atom. The van der Waals surface area contributed by atoms with Crippen LogP contribution in [0.15, 0.2) is 102 Å². The van der Waals surface area contributed by atoms with Crippen molar-refractivity contribution >= 4 is 39.1 Å². The van der Waals surface area contributed by atoms with Crippen LogP contribution < -0.4 is 14.4 Å². The van der Waals surface area contributed by atoms with Crippen LogP contribution in [-0.4, -0.2) is 51.4 Å². The summed E-state index contributed by atoms with van der Waals surface area (Å²) in [5, 5.41) is 3.33. The number of carbonyl (C=O) groups excluding carboxylic acids is 2. The minimum atomic E-state index is -4.24. The maximum absolute atomic E-state index is 14.7. The molecule has 1 N–H and O–H groups in total. The van der Waals surface area contributed by atoms with Crippen LogP contribution >= 0.6 is 11.6 Å². The number of rotatable bonds is 14. The van der Waals surface area contributed by atoms with Crippen molar-refractivity contribution in [3.63, 3.8) is 0 Å². The molecular weight excluding hydrogens is 634 g/mol. The van der Waals surface area contributed by atoms with Gasteiger partial charge in [-0.25, -0.2) is 8.42 Å². The predicted octanol–water partition coefficient (Wildman–Crippen LogP) is 6.57. The third-order valence-electron chi connectivity index (χ3n) is 7.77. The van der Waals surface area contributed by atoms with Gasteiger partial charge < -0.3 is 15.0 Å². The van der Waals surface area contributed by atoms with Crippen molar-refractivity contribution in [1.29, 1.82) is 0 Å². The molecule has 0 unspecified atom stereocenters. The Morgan fingerprint density at radius 2 is 1.55 bits per heavy atom. The third kappa shape index (κ3) is 9.36. The zero-order valence-electron chi connectivity index (χ0n) is 27.4. The molecule has 0 fully saturated rings. The highest BCUT2D eigenvalue weighted by Gasteiger charge is 2.35. The average Bonchev–Trinajstić information content (AvgIpc) is 3.05. The van der Waals surface area contributed by atoms with Crippen LogP contribution in [0, 0.1) is 19.8 Å². The highest BCUT2D eigenvalue weighted by molar-refractivity contribution is 7.92. The van der Waals surface area contributed by atoms with E-state index in [1.165, 1.54) is 17.0 Å². The number of sulfonamides is 1. The molecule has 8 nitrogen and oxygen atoms in total. The van der Waals surface area contributed by atoms with Crippen molar-refractivity contribution in [3.05, 3.63) is 124 Å². The summed E-state index contributed by atoms with van der Waals surface area (Å²) in [4.78, 5) is 30.1. The molecule has 0 spiro atoms. The number of anilines is 1. The van der Waals surface area contributed by atoms with Gasteiger partial charge >= 0.3 is 0 Å². The molecule has 248 valence electrons. The van der Waals surface area contributed by atoms with Gasteiger partial charge in [0.1, 0.15) is 18.3 Å². The molecule has 4 rings (SSSR count). The van der Waals surface area contributed by atoms with Crippen molar-refractivity contribution in [2.24, 2.45) is 5.92 Å². The molecule has 0 saturated heterocycles. The largest absolute Gasteiger partial charge is 0.497 e. The minimum Gasteiger partial charge on any atom is -0.497 e. The number of aryl methyl sites for hydroxylation is 2. The van der Waals surface area contributed by atoms with E-state index in [0.717, 1.165) is 21.0 Å². The summed E-state index contributed by atoms with van der Waals surface area (Å²) in [5.74, 6) is -0.106. The quantitative estimate of drug-likeness (QED) is 0.163. The van der Waals surface area contributed by atoms with Gasteiger partial charge in [-0.3, -0.25) is 13.9 Å². The SMILES string of the molecule is COc1cccc(CN(C(=O)CN(c2cc(Cl)ccc2C)S(=O)(=O)c2ccc(C)cc2)[C@@H](Cc2ccccc2)C(=O)NCC(C)C)c1. The first-order chi connectivity index (χ1) is 22.4. The number of benzene rings is 4. The zero-order chi connectivity index (χ0) is 34.1. The molecule has 0 aromatic heterocycles. The molecule has 0 aliphatic heterocycles. The lowest BCUT2D eigenvalue weighted by molar-refractivity contribution is -0.140. The lowest BCUT2D eigenvalue weighted by Gasteiger charge is -2.34. The van der Waals surface area contributed by atoms with Crippen LogP contribution in [0.3, 0.4) is 0 Å². The molecule has 47 heavy (non-hydrogen) atoms. The van der Waals surface area contributed by atoms with Gasteiger partial charge in [-0.05, 0) is 72.9 Å². The molecule has 1 atom stereocenters. The van der Waals surface area contributed by atoms with Gasteiger partial charge in [0.05, 0.1) is 17.7 Å². The summed E-state index contributed by atoms with van der Waals surface area (Å²) in [5.41, 5.74) is 3.37. The Morgan fingerprint density at radius 1 is 0.872 bits per heavy atom. The van der Waals surface area contributed by atoms with E-state index in [1.807, 2.05) is 63.2 Å². The summed E-state index contributed by atoms with van der Waals surface area (Å²) in [6, 6.07) is 27.1. The second-order valence-corrected chi connectivity index (χ2v) is 14.3. The van der Waals surface area contributed by atoms with Gasteiger partial charge in [-0.1, -0.05) is 91.7 Å². The summed E-state index contributed by atoms with van der Waals surface area (Å²) in [7, 11) is -2.69. The Bertz CT molecular complexity index is 1780. The second-order valence-electron chi connectivity index (χ2n) is 12.0. The molecule has 0 radical (unpaired) electrons. The molecular formula is C37H42ClN3O5S. The van der Waals surface area contributed by atoms with Gasteiger partial charge in [-0.2, -0.15) is 0 Å². The predicted molar refractivity (Wildman–Crippen MR) is 187 cm³/mol. The number of hydrogen-bond acceptors (Lipinski definition) is 5. The Hall–Kier alpha value is -4.34. The fraction of sp³-hybridized carbons (Fsp3) is 0.297. The van der Waals surface area contributed by atoms with Crippen molar-refractivity contribution in [3.8, 4) is 5.75 Å². The van der Waals surface area contributed by atoms with Gasteiger partial charge in [0.2, 0.25) is 11.8 Å². The zero-order valence-corrected chi connectivity index (χ0v) is 29.0. The van der Waals surface area contributed by atoms with E-state index in [0.29, 0.717) is 22.9 Å². The fourth-order valence-electron chi connectivity index (χ4n) is 5.15. The van der Waals surface area contributed by atoms with Crippen LogP contribution in [0.5, 0.6) is 5.75 Å². The smallest absolute Gasteiger partial charge is 0.264 e. The number of ether oxygens (including phenoxy) is 1. The highest BCUT2D eigenvalue weighted by Crippen LogP contribution is 2.30. The first-order valence-corrected chi connectivity index (χ1v) is 17.3. The lowest BCUT2D eigenvalue weighted by atomic mass is 10.0. The molecule has 4 aromatic carbocycles. The average molecular weight is 676 g/mol. The topological polar surface area (TPSA) is 96.0 Å². The summed E-state index contributed by atoms with van der Waals surface area (Å²) >= 11 is 6.37. The van der Waals surface area contributed by atoms with E-state index in [1.54, 1.807) is 56.5 Å². The maximum Gasteiger partial charge on any atom is 0.264 e. The van der Waals surface area contributed by atoms with Crippen LogP contribution in [0.1, 0.15) is 36.1 Å². The molecule has 0 saturated carbocycles. The van der Waals surface area contributed by atoms with Crippen molar-refractivity contribution < 1.29 is 22.7 Å². The van der Waals surface area contributed by atoms with Crippen molar-refractivity contribution in [2.75, 3.05) is 24.5 Å². The van der Waals surface area contributed by atoms with E-state index in [2.05, 4.69) is 5.32 Å². The van der Waals surface area contributed by atoms with Gasteiger partial charge in [-0.15, -0.1) is 0 Å². The monoisotopic (exact) mass is 675 g/mol. The lowest BCUT2D eigenvalue weighted by Crippen LogP contribution is -2.53. The highest BCUT2D eigenvalue weighted by atomic mass is 35.5. The summed E-state index contributed by atoms with van der Waals surface area (Å²) in [6.45, 7) is 7.51. The van der Waals surface area contributed by atoms with Crippen LogP contribution in [0.25, 0.3) is 0 Å². The van der Waals surface area contributed by atoms with E-state index in [9.17, 15) is 18.0 Å². The molecule has 4 aromatic rings. The number of amides is 2. The minimum absolute atomic E-state index is 0.0325. The Balaban J connectivity index is 1.84. The van der Waals surface area contributed by atoms with Gasteiger partial charge in [0, 0.05) is 24.5 Å². The number of nitrogens with one attached hydrogen (secondary N) is 1. The van der Waals surface area contributed by atoms with Crippen LogP contribution in [0.2, 0.25) is 5.02 Å². The van der Waals surface area contributed by atoms with E-state index in [-0.39, 0.29) is 35.4 Å². The van der Waals surface area contributed by atoms with Crippen molar-refractivity contribution in [1.82, 2.24) is 10.2 Å². The first-order valence-electron chi connectivity index (χ1n) is 15.5. The standard InChI is InChI=1S/C37H42ClN3O5S/c1-26(2)23-39-37(43)35(21-29-10-7-6-8-11-29)40(24-30-12-9-13-32(20-30)46-5)36(42)25-41(34-22-31(38)17-16-28(34)4)47(44,45)33-18-14-27(3)15-19-33/h6-20,22,26,35H,21,23-25H2,1-5H3,(H,39,43)/t35-/m0/s1. The number of hydrogen-bond donors (Lipinski definition) is 1. The summed E-state index contributed by atoms with van der Waals surface area (Å²) < 4.78 is 35.1. The fourth-order valence-corrected chi connectivity index (χ4v) is 6.78.